The molecule has 0 aliphatic rings. The zero-order chi connectivity index (χ0) is 19.6. The van der Waals surface area contributed by atoms with Crippen LogP contribution in [-0.4, -0.2) is 23.8 Å². The average molecular weight is 373 g/mol. The monoisotopic (exact) mass is 373 g/mol. The number of alkyl halides is 3. The molecule has 0 aliphatic carbocycles. The van der Waals surface area contributed by atoms with Gasteiger partial charge in [0.2, 0.25) is 0 Å². The first-order valence-electron chi connectivity index (χ1n) is 8.08. The Hall–Kier alpha value is -3.22. The third-order valence-corrected chi connectivity index (χ3v) is 4.00. The fraction of sp³-hybridized carbons (Fsp3) is 0.150. The summed E-state index contributed by atoms with van der Waals surface area (Å²) in [5.41, 5.74) is 0.625. The Bertz CT molecular complexity index is 1030. The number of nitrogens with zero attached hydrogens (tertiary/aromatic N) is 1. The van der Waals surface area contributed by atoms with Gasteiger partial charge in [-0.2, -0.15) is 13.2 Å². The highest BCUT2D eigenvalue weighted by Gasteiger charge is 2.31. The Morgan fingerprint density at radius 2 is 1.96 bits per heavy atom. The third-order valence-electron chi connectivity index (χ3n) is 4.00. The van der Waals surface area contributed by atoms with Gasteiger partial charge in [-0.05, 0) is 30.7 Å². The van der Waals surface area contributed by atoms with Crippen LogP contribution in [0.1, 0.15) is 33.2 Å². The number of pyridine rings is 1. The lowest BCUT2D eigenvalue weighted by Crippen LogP contribution is -2.09. The van der Waals surface area contributed by atoms with Gasteiger partial charge < -0.3 is 4.74 Å². The zero-order valence-corrected chi connectivity index (χ0v) is 14.2. The molecular formula is C20H14F3NO3. The number of benzene rings is 2. The lowest BCUT2D eigenvalue weighted by molar-refractivity contribution is -0.137. The summed E-state index contributed by atoms with van der Waals surface area (Å²) >= 11 is 0. The van der Waals surface area contributed by atoms with E-state index in [1.165, 1.54) is 12.3 Å². The lowest BCUT2D eigenvalue weighted by Gasteiger charge is -2.14. The van der Waals surface area contributed by atoms with E-state index in [1.807, 2.05) is 0 Å². The van der Waals surface area contributed by atoms with Crippen molar-refractivity contribution in [3.05, 3.63) is 65.4 Å². The van der Waals surface area contributed by atoms with Gasteiger partial charge in [-0.1, -0.05) is 24.3 Å². The second-order valence-electron chi connectivity index (χ2n) is 5.74. The van der Waals surface area contributed by atoms with Crippen molar-refractivity contribution in [3.8, 4) is 11.1 Å². The molecule has 0 saturated heterocycles. The fourth-order valence-electron chi connectivity index (χ4n) is 2.81. The Morgan fingerprint density at radius 3 is 2.63 bits per heavy atom. The summed E-state index contributed by atoms with van der Waals surface area (Å²) in [6, 6.07) is 9.58. The van der Waals surface area contributed by atoms with Crippen LogP contribution in [0.5, 0.6) is 0 Å². The first kappa shape index (κ1) is 18.6. The summed E-state index contributed by atoms with van der Waals surface area (Å²) in [7, 11) is 0. The molecule has 0 atom stereocenters. The molecule has 27 heavy (non-hydrogen) atoms. The molecule has 0 radical (unpaired) electrons. The van der Waals surface area contributed by atoms with Crippen LogP contribution in [0.2, 0.25) is 0 Å². The van der Waals surface area contributed by atoms with Crippen LogP contribution in [-0.2, 0) is 10.9 Å². The van der Waals surface area contributed by atoms with Crippen LogP contribution in [0.4, 0.5) is 13.2 Å². The molecule has 0 amide bonds. The molecule has 4 nitrogen and oxygen atoms in total. The van der Waals surface area contributed by atoms with Crippen LogP contribution in [0.25, 0.3) is 22.0 Å². The van der Waals surface area contributed by atoms with Crippen molar-refractivity contribution in [2.45, 2.75) is 13.1 Å². The van der Waals surface area contributed by atoms with Gasteiger partial charge in [-0.15, -0.1) is 0 Å². The second kappa shape index (κ2) is 7.19. The normalized spacial score (nSPS) is 11.4. The summed E-state index contributed by atoms with van der Waals surface area (Å²) in [5.74, 6) is -0.640. The van der Waals surface area contributed by atoms with Crippen molar-refractivity contribution < 1.29 is 27.5 Å². The van der Waals surface area contributed by atoms with E-state index in [0.717, 1.165) is 12.1 Å². The van der Waals surface area contributed by atoms with Crippen molar-refractivity contribution in [3.63, 3.8) is 0 Å². The number of carbonyl (C=O) groups excluding carboxylic acids is 2. The summed E-state index contributed by atoms with van der Waals surface area (Å²) in [6.45, 7) is 1.78. The van der Waals surface area contributed by atoms with Gasteiger partial charge in [0.05, 0.1) is 23.3 Å². The zero-order valence-electron chi connectivity index (χ0n) is 14.2. The van der Waals surface area contributed by atoms with Gasteiger partial charge in [0.1, 0.15) is 6.29 Å². The maximum absolute atomic E-state index is 13.0. The number of rotatable bonds is 4. The molecule has 1 heterocycles. The number of ether oxygens (including phenoxy) is 1. The first-order chi connectivity index (χ1) is 12.8. The molecule has 0 unspecified atom stereocenters. The van der Waals surface area contributed by atoms with Crippen LogP contribution in [0.15, 0.2) is 48.7 Å². The molecule has 0 saturated carbocycles. The molecular weight excluding hydrogens is 359 g/mol. The third kappa shape index (κ3) is 3.67. The van der Waals surface area contributed by atoms with Crippen LogP contribution in [0.3, 0.4) is 0 Å². The van der Waals surface area contributed by atoms with E-state index in [1.54, 1.807) is 31.2 Å². The molecule has 138 valence electrons. The second-order valence-corrected chi connectivity index (χ2v) is 5.74. The Kier molecular flexibility index (Phi) is 4.94. The Morgan fingerprint density at radius 1 is 1.19 bits per heavy atom. The standard InChI is InChI=1S/C20H14F3NO3/c1-2-27-19(26)16-10-24-17-9-14(20(21,22)23)6-7-15(17)18(16)13-5-3-4-12(8-13)11-25/h3-11H,2H2,1H3. The molecule has 0 spiro atoms. The maximum Gasteiger partial charge on any atom is 0.416 e. The number of esters is 1. The summed E-state index contributed by atoms with van der Waals surface area (Å²) < 4.78 is 44.1. The van der Waals surface area contributed by atoms with E-state index in [-0.39, 0.29) is 17.7 Å². The van der Waals surface area contributed by atoms with Gasteiger partial charge in [0.15, 0.2) is 0 Å². The van der Waals surface area contributed by atoms with Gasteiger partial charge in [-0.3, -0.25) is 9.78 Å². The Balaban J connectivity index is 2.32. The lowest BCUT2D eigenvalue weighted by atomic mass is 9.94. The largest absolute Gasteiger partial charge is 0.462 e. The van der Waals surface area contributed by atoms with Crippen molar-refractivity contribution in [1.29, 1.82) is 0 Å². The van der Waals surface area contributed by atoms with Gasteiger partial charge in [-0.25, -0.2) is 4.79 Å². The predicted molar refractivity (Wildman–Crippen MR) is 93.5 cm³/mol. The van der Waals surface area contributed by atoms with E-state index >= 15 is 0 Å². The van der Waals surface area contributed by atoms with Gasteiger partial charge in [0.25, 0.3) is 0 Å². The number of halogens is 3. The highest BCUT2D eigenvalue weighted by Crippen LogP contribution is 2.36. The SMILES string of the molecule is CCOC(=O)c1cnc2cc(C(F)(F)F)ccc2c1-c1cccc(C=O)c1. The smallest absolute Gasteiger partial charge is 0.416 e. The summed E-state index contributed by atoms with van der Waals surface area (Å²) in [4.78, 5) is 27.5. The highest BCUT2D eigenvalue weighted by atomic mass is 19.4. The minimum absolute atomic E-state index is 0.0874. The topological polar surface area (TPSA) is 56.3 Å². The van der Waals surface area contributed by atoms with E-state index < -0.39 is 17.7 Å². The quantitative estimate of drug-likeness (QED) is 0.482. The molecule has 0 bridgehead atoms. The van der Waals surface area contributed by atoms with Crippen molar-refractivity contribution in [1.82, 2.24) is 4.98 Å². The molecule has 3 rings (SSSR count). The molecule has 2 aromatic carbocycles. The Labute approximate surface area is 152 Å². The highest BCUT2D eigenvalue weighted by molar-refractivity contribution is 6.07. The summed E-state index contributed by atoms with van der Waals surface area (Å²) in [6.07, 6.45) is -2.66. The minimum Gasteiger partial charge on any atom is -0.462 e. The van der Waals surface area contributed by atoms with Crippen LogP contribution < -0.4 is 0 Å². The fourth-order valence-corrected chi connectivity index (χ4v) is 2.81. The van der Waals surface area contributed by atoms with E-state index in [9.17, 15) is 22.8 Å². The number of hydrogen-bond acceptors (Lipinski definition) is 4. The van der Waals surface area contributed by atoms with E-state index in [2.05, 4.69) is 4.98 Å². The minimum atomic E-state index is -4.51. The molecule has 0 fully saturated rings. The van der Waals surface area contributed by atoms with E-state index in [0.29, 0.717) is 28.4 Å². The van der Waals surface area contributed by atoms with Gasteiger partial charge >= 0.3 is 12.1 Å². The molecule has 0 N–H and O–H groups in total. The van der Waals surface area contributed by atoms with Gasteiger partial charge in [0, 0.05) is 22.7 Å². The number of aromatic nitrogens is 1. The van der Waals surface area contributed by atoms with Crippen molar-refractivity contribution >= 4 is 23.2 Å². The predicted octanol–water partition coefficient (Wildman–Crippen LogP) is 4.91. The number of fused-ring (bicyclic) bond motifs is 1. The average Bonchev–Trinajstić information content (AvgIpc) is 2.66. The van der Waals surface area contributed by atoms with Crippen molar-refractivity contribution in [2.75, 3.05) is 6.61 Å². The first-order valence-corrected chi connectivity index (χ1v) is 8.08. The maximum atomic E-state index is 13.0. The molecule has 0 aliphatic heterocycles. The van der Waals surface area contributed by atoms with E-state index in [4.69, 9.17) is 4.74 Å². The number of hydrogen-bond donors (Lipinski definition) is 0. The summed E-state index contributed by atoms with van der Waals surface area (Å²) in [5, 5.41) is 0.358. The number of carbonyl (C=O) groups is 2. The van der Waals surface area contributed by atoms with Crippen LogP contribution in [0, 0.1) is 0 Å². The number of aldehydes is 1. The molecule has 3 aromatic rings. The van der Waals surface area contributed by atoms with Crippen molar-refractivity contribution in [2.24, 2.45) is 0 Å². The van der Waals surface area contributed by atoms with Crippen LogP contribution >= 0.6 is 0 Å². The molecule has 7 heteroatoms. The molecule has 1 aromatic heterocycles.